The highest BCUT2D eigenvalue weighted by Crippen LogP contribution is 2.35. The molecule has 140 valence electrons. The number of carbonyl (C=O) groups is 1. The summed E-state index contributed by atoms with van der Waals surface area (Å²) in [6, 6.07) is 16.5. The summed E-state index contributed by atoms with van der Waals surface area (Å²) in [5, 5.41) is 1.14. The summed E-state index contributed by atoms with van der Waals surface area (Å²) in [6.45, 7) is -0.187. The lowest BCUT2D eigenvalue weighted by atomic mass is 9.99. The number of methoxy groups -OCH3 is 1. The van der Waals surface area contributed by atoms with Crippen molar-refractivity contribution in [2.75, 3.05) is 7.11 Å². The van der Waals surface area contributed by atoms with Gasteiger partial charge in [0.15, 0.2) is 5.43 Å². The second-order valence-electron chi connectivity index (χ2n) is 6.34. The van der Waals surface area contributed by atoms with Gasteiger partial charge in [-0.15, -0.1) is 0 Å². The normalized spacial score (nSPS) is 11.1. The number of pyridine rings is 1. The molecule has 0 saturated heterocycles. The Morgan fingerprint density at radius 3 is 2.50 bits per heavy atom. The standard InChI is InChI=1S/C22H15ClFNO3/c1-28-19(26)12-25-18-11-14(24)7-8-15(18)22(27)16-9-10-17(23)20(21(16)25)13-5-3-2-4-6-13/h2-11H,12H2,1H3. The first-order chi connectivity index (χ1) is 13.5. The van der Waals surface area contributed by atoms with Crippen molar-refractivity contribution in [3.8, 4) is 11.1 Å². The number of esters is 1. The Balaban J connectivity index is 2.25. The van der Waals surface area contributed by atoms with Crippen molar-refractivity contribution in [1.82, 2.24) is 4.57 Å². The lowest BCUT2D eigenvalue weighted by Gasteiger charge is -2.18. The van der Waals surface area contributed by atoms with Crippen LogP contribution in [0, 0.1) is 5.82 Å². The molecular weight excluding hydrogens is 381 g/mol. The monoisotopic (exact) mass is 395 g/mol. The first-order valence-electron chi connectivity index (χ1n) is 8.57. The van der Waals surface area contributed by atoms with Gasteiger partial charge < -0.3 is 9.30 Å². The largest absolute Gasteiger partial charge is 0.468 e. The number of aromatic nitrogens is 1. The molecule has 0 aliphatic heterocycles. The molecule has 0 unspecified atom stereocenters. The number of nitrogens with zero attached hydrogens (tertiary/aromatic N) is 1. The van der Waals surface area contributed by atoms with Crippen molar-refractivity contribution in [3.05, 3.63) is 81.7 Å². The predicted octanol–water partition coefficient (Wildman–Crippen LogP) is 4.79. The van der Waals surface area contributed by atoms with Gasteiger partial charge in [0, 0.05) is 16.3 Å². The van der Waals surface area contributed by atoms with Gasteiger partial charge in [0.2, 0.25) is 0 Å². The molecule has 0 aliphatic carbocycles. The van der Waals surface area contributed by atoms with E-state index in [1.165, 1.54) is 25.3 Å². The molecule has 1 heterocycles. The zero-order valence-corrected chi connectivity index (χ0v) is 15.7. The van der Waals surface area contributed by atoms with Gasteiger partial charge in [-0.05, 0) is 35.9 Å². The van der Waals surface area contributed by atoms with Gasteiger partial charge in [0.05, 0.1) is 23.2 Å². The van der Waals surface area contributed by atoms with Crippen LogP contribution < -0.4 is 5.43 Å². The lowest BCUT2D eigenvalue weighted by Crippen LogP contribution is -2.18. The Morgan fingerprint density at radius 1 is 1.07 bits per heavy atom. The van der Waals surface area contributed by atoms with E-state index in [-0.39, 0.29) is 12.0 Å². The quantitative estimate of drug-likeness (QED) is 0.370. The van der Waals surface area contributed by atoms with Gasteiger partial charge in [-0.1, -0.05) is 41.9 Å². The van der Waals surface area contributed by atoms with Gasteiger partial charge in [0.25, 0.3) is 0 Å². The fraction of sp³-hybridized carbons (Fsp3) is 0.0909. The summed E-state index contributed by atoms with van der Waals surface area (Å²) in [5.41, 5.74) is 1.91. The van der Waals surface area contributed by atoms with Crippen LogP contribution in [0.15, 0.2) is 65.5 Å². The maximum atomic E-state index is 14.0. The molecule has 4 rings (SSSR count). The second-order valence-corrected chi connectivity index (χ2v) is 6.74. The van der Waals surface area contributed by atoms with Crippen LogP contribution in [0.1, 0.15) is 0 Å². The molecule has 0 aliphatic rings. The Morgan fingerprint density at radius 2 is 1.79 bits per heavy atom. The summed E-state index contributed by atoms with van der Waals surface area (Å²) in [7, 11) is 1.28. The van der Waals surface area contributed by atoms with E-state index in [0.29, 0.717) is 32.4 Å². The maximum Gasteiger partial charge on any atom is 0.325 e. The molecule has 0 radical (unpaired) electrons. The first-order valence-corrected chi connectivity index (χ1v) is 8.95. The Labute approximate surface area is 164 Å². The molecule has 3 aromatic carbocycles. The van der Waals surface area contributed by atoms with Gasteiger partial charge in [-0.3, -0.25) is 9.59 Å². The highest BCUT2D eigenvalue weighted by Gasteiger charge is 2.19. The summed E-state index contributed by atoms with van der Waals surface area (Å²) < 4.78 is 20.4. The molecule has 0 spiro atoms. The van der Waals surface area contributed by atoms with Crippen molar-refractivity contribution in [2.45, 2.75) is 6.54 Å². The van der Waals surface area contributed by atoms with E-state index < -0.39 is 11.8 Å². The van der Waals surface area contributed by atoms with Gasteiger partial charge in [-0.25, -0.2) is 4.39 Å². The smallest absolute Gasteiger partial charge is 0.325 e. The lowest BCUT2D eigenvalue weighted by molar-refractivity contribution is -0.141. The number of halogens is 2. The molecule has 0 N–H and O–H groups in total. The van der Waals surface area contributed by atoms with Crippen LogP contribution in [0.4, 0.5) is 4.39 Å². The molecule has 0 bridgehead atoms. The zero-order valence-electron chi connectivity index (χ0n) is 14.9. The molecule has 1 aromatic heterocycles. The molecule has 4 aromatic rings. The zero-order chi connectivity index (χ0) is 19.8. The predicted molar refractivity (Wildman–Crippen MR) is 108 cm³/mol. The van der Waals surface area contributed by atoms with Gasteiger partial charge >= 0.3 is 5.97 Å². The maximum absolute atomic E-state index is 14.0. The summed E-state index contributed by atoms with van der Waals surface area (Å²) >= 11 is 6.51. The minimum Gasteiger partial charge on any atom is -0.468 e. The van der Waals surface area contributed by atoms with Crippen molar-refractivity contribution >= 4 is 39.4 Å². The average molecular weight is 396 g/mol. The highest BCUT2D eigenvalue weighted by atomic mass is 35.5. The third kappa shape index (κ3) is 2.94. The molecule has 0 saturated carbocycles. The molecule has 4 nitrogen and oxygen atoms in total. The van der Waals surface area contributed by atoms with E-state index in [0.717, 1.165) is 5.56 Å². The van der Waals surface area contributed by atoms with Crippen molar-refractivity contribution < 1.29 is 13.9 Å². The number of hydrogen-bond acceptors (Lipinski definition) is 3. The number of ether oxygens (including phenoxy) is 1. The molecular formula is C22H15ClFNO3. The number of hydrogen-bond donors (Lipinski definition) is 0. The van der Waals surface area contributed by atoms with Crippen molar-refractivity contribution in [2.24, 2.45) is 0 Å². The first kappa shape index (κ1) is 18.2. The van der Waals surface area contributed by atoms with Crippen LogP contribution in [0.25, 0.3) is 32.9 Å². The number of carbonyl (C=O) groups excluding carboxylic acids is 1. The molecule has 0 amide bonds. The number of rotatable bonds is 3. The van der Waals surface area contributed by atoms with Crippen molar-refractivity contribution in [3.63, 3.8) is 0 Å². The van der Waals surface area contributed by atoms with Crippen LogP contribution >= 0.6 is 11.6 Å². The van der Waals surface area contributed by atoms with Crippen LogP contribution in [-0.2, 0) is 16.1 Å². The highest BCUT2D eigenvalue weighted by molar-refractivity contribution is 6.35. The third-order valence-electron chi connectivity index (χ3n) is 4.71. The molecule has 0 atom stereocenters. The number of benzene rings is 3. The van der Waals surface area contributed by atoms with E-state index in [1.807, 2.05) is 30.3 Å². The van der Waals surface area contributed by atoms with Crippen LogP contribution in [0.3, 0.4) is 0 Å². The Kier molecular flexibility index (Phi) is 4.61. The summed E-state index contributed by atoms with van der Waals surface area (Å²) in [4.78, 5) is 25.2. The third-order valence-corrected chi connectivity index (χ3v) is 5.03. The minimum absolute atomic E-state index is 0.187. The minimum atomic E-state index is -0.519. The second kappa shape index (κ2) is 7.09. The van der Waals surface area contributed by atoms with E-state index in [2.05, 4.69) is 0 Å². The van der Waals surface area contributed by atoms with Gasteiger partial charge in [0.1, 0.15) is 12.4 Å². The average Bonchev–Trinajstić information content (AvgIpc) is 2.71. The fourth-order valence-corrected chi connectivity index (χ4v) is 3.71. The summed E-state index contributed by atoms with van der Waals surface area (Å²) in [6.07, 6.45) is 0. The molecule has 28 heavy (non-hydrogen) atoms. The number of fused-ring (bicyclic) bond motifs is 2. The van der Waals surface area contributed by atoms with Crippen molar-refractivity contribution in [1.29, 1.82) is 0 Å². The van der Waals surface area contributed by atoms with Gasteiger partial charge in [-0.2, -0.15) is 0 Å². The van der Waals surface area contributed by atoms with Crippen LogP contribution in [0.5, 0.6) is 0 Å². The van der Waals surface area contributed by atoms with Crippen LogP contribution in [0.2, 0.25) is 5.02 Å². The van der Waals surface area contributed by atoms with E-state index in [4.69, 9.17) is 16.3 Å². The SMILES string of the molecule is COC(=O)Cn1c2cc(F)ccc2c(=O)c2ccc(Cl)c(-c3ccccc3)c21. The topological polar surface area (TPSA) is 48.3 Å². The molecule has 6 heteroatoms. The van der Waals surface area contributed by atoms with E-state index in [9.17, 15) is 14.0 Å². The summed E-state index contributed by atoms with van der Waals surface area (Å²) in [5.74, 6) is -1.03. The Bertz CT molecular complexity index is 1280. The van der Waals surface area contributed by atoms with E-state index in [1.54, 1.807) is 16.7 Å². The van der Waals surface area contributed by atoms with E-state index >= 15 is 0 Å². The van der Waals surface area contributed by atoms with Crippen LogP contribution in [-0.4, -0.2) is 17.6 Å². The fourth-order valence-electron chi connectivity index (χ4n) is 3.45. The Hall–Kier alpha value is -3.18. The molecule has 0 fully saturated rings.